The van der Waals surface area contributed by atoms with E-state index in [2.05, 4.69) is 55.5 Å². The lowest BCUT2D eigenvalue weighted by Gasteiger charge is -2.23. The summed E-state index contributed by atoms with van der Waals surface area (Å²) in [7, 11) is 0. The quantitative estimate of drug-likeness (QED) is 0.496. The summed E-state index contributed by atoms with van der Waals surface area (Å²) in [6, 6.07) is 24.7. The first-order valence-corrected chi connectivity index (χ1v) is 10.2. The Morgan fingerprint density at radius 1 is 0.929 bits per heavy atom. The number of rotatable bonds is 6. The van der Waals surface area contributed by atoms with E-state index < -0.39 is 0 Å². The minimum Gasteiger partial charge on any atom is -0.489 e. The molecule has 2 heteroatoms. The topological polar surface area (TPSA) is 26.3 Å². The minimum atomic E-state index is 0.196. The second kappa shape index (κ2) is 8.43. The highest BCUT2D eigenvalue weighted by Gasteiger charge is 2.26. The van der Waals surface area contributed by atoms with E-state index in [1.807, 2.05) is 24.3 Å². The largest absolute Gasteiger partial charge is 0.489 e. The van der Waals surface area contributed by atoms with Crippen molar-refractivity contribution in [3.05, 3.63) is 89.5 Å². The molecule has 0 aliphatic heterocycles. The summed E-state index contributed by atoms with van der Waals surface area (Å²) in [5.41, 5.74) is 5.57. The highest BCUT2D eigenvalue weighted by molar-refractivity contribution is 6.00. The third kappa shape index (κ3) is 3.87. The lowest BCUT2D eigenvalue weighted by Crippen LogP contribution is -2.22. The molecule has 1 atom stereocenters. The molecule has 0 fully saturated rings. The lowest BCUT2D eigenvalue weighted by molar-refractivity contribution is 0.0894. The molecule has 4 rings (SSSR count). The van der Waals surface area contributed by atoms with E-state index in [4.69, 9.17) is 4.74 Å². The van der Waals surface area contributed by atoms with Crippen LogP contribution in [0.1, 0.15) is 47.7 Å². The maximum Gasteiger partial charge on any atom is 0.166 e. The predicted molar refractivity (Wildman–Crippen MR) is 114 cm³/mol. The molecule has 0 amide bonds. The van der Waals surface area contributed by atoms with Crippen LogP contribution in [0, 0.1) is 5.92 Å². The van der Waals surface area contributed by atoms with E-state index in [-0.39, 0.29) is 5.92 Å². The Bertz CT molecular complexity index is 959. The molecule has 1 unspecified atom stereocenters. The van der Waals surface area contributed by atoms with E-state index in [9.17, 15) is 4.79 Å². The van der Waals surface area contributed by atoms with Gasteiger partial charge in [-0.1, -0.05) is 67.9 Å². The first-order chi connectivity index (χ1) is 13.8. The highest BCUT2D eigenvalue weighted by atomic mass is 16.5. The van der Waals surface area contributed by atoms with Gasteiger partial charge in [-0.15, -0.1) is 0 Å². The van der Waals surface area contributed by atoms with Crippen LogP contribution >= 0.6 is 0 Å². The van der Waals surface area contributed by atoms with E-state index in [1.165, 1.54) is 11.1 Å². The highest BCUT2D eigenvalue weighted by Crippen LogP contribution is 2.31. The van der Waals surface area contributed by atoms with Gasteiger partial charge in [0.2, 0.25) is 0 Å². The summed E-state index contributed by atoms with van der Waals surface area (Å²) in [5.74, 6) is 1.34. The molecular formula is C26H26O2. The van der Waals surface area contributed by atoms with Crippen molar-refractivity contribution in [1.82, 2.24) is 0 Å². The molecule has 0 aromatic heterocycles. The minimum absolute atomic E-state index is 0.196. The molecule has 0 spiro atoms. The van der Waals surface area contributed by atoms with E-state index in [0.717, 1.165) is 48.1 Å². The first kappa shape index (κ1) is 18.5. The number of ketones is 1. The molecule has 0 N–H and O–H groups in total. The van der Waals surface area contributed by atoms with Gasteiger partial charge in [-0.3, -0.25) is 4.79 Å². The predicted octanol–water partition coefficient (Wildman–Crippen LogP) is 6.48. The van der Waals surface area contributed by atoms with Gasteiger partial charge < -0.3 is 4.74 Å². The SMILES string of the molecule is CCCC1CCc2cc(OCc3ccccc3-c3ccccc3)ccc2C1=O. The fraction of sp³-hybridized carbons (Fsp3) is 0.269. The number of hydrogen-bond donors (Lipinski definition) is 0. The second-order valence-corrected chi connectivity index (χ2v) is 7.52. The van der Waals surface area contributed by atoms with Crippen LogP contribution in [-0.4, -0.2) is 5.78 Å². The molecule has 2 nitrogen and oxygen atoms in total. The van der Waals surface area contributed by atoms with Gasteiger partial charge in [-0.2, -0.15) is 0 Å². The molecular weight excluding hydrogens is 344 g/mol. The Labute approximate surface area is 167 Å². The number of fused-ring (bicyclic) bond motifs is 1. The van der Waals surface area contributed by atoms with Gasteiger partial charge >= 0.3 is 0 Å². The summed E-state index contributed by atoms with van der Waals surface area (Å²) in [4.78, 5) is 12.7. The Morgan fingerprint density at radius 3 is 2.54 bits per heavy atom. The molecule has 142 valence electrons. The zero-order chi connectivity index (χ0) is 19.3. The molecule has 3 aromatic carbocycles. The maximum atomic E-state index is 12.7. The fourth-order valence-electron chi connectivity index (χ4n) is 4.12. The van der Waals surface area contributed by atoms with Crippen molar-refractivity contribution < 1.29 is 9.53 Å². The summed E-state index contributed by atoms with van der Waals surface area (Å²) < 4.78 is 6.12. The van der Waals surface area contributed by atoms with E-state index >= 15 is 0 Å². The van der Waals surface area contributed by atoms with Crippen LogP contribution in [-0.2, 0) is 13.0 Å². The van der Waals surface area contributed by atoms with Crippen molar-refractivity contribution >= 4 is 5.78 Å². The number of Topliss-reactive ketones (excluding diaryl/α,β-unsaturated/α-hetero) is 1. The molecule has 28 heavy (non-hydrogen) atoms. The number of carbonyl (C=O) groups excluding carboxylic acids is 1. The van der Waals surface area contributed by atoms with Crippen LogP contribution in [0.3, 0.4) is 0 Å². The van der Waals surface area contributed by atoms with Gasteiger partial charge in [0, 0.05) is 11.5 Å². The van der Waals surface area contributed by atoms with E-state index in [0.29, 0.717) is 12.4 Å². The fourth-order valence-corrected chi connectivity index (χ4v) is 4.12. The first-order valence-electron chi connectivity index (χ1n) is 10.2. The Kier molecular flexibility index (Phi) is 5.57. The zero-order valence-electron chi connectivity index (χ0n) is 16.4. The van der Waals surface area contributed by atoms with Crippen LogP contribution in [0.5, 0.6) is 5.75 Å². The molecule has 1 aliphatic carbocycles. The molecule has 1 aliphatic rings. The van der Waals surface area contributed by atoms with Gasteiger partial charge in [0.15, 0.2) is 5.78 Å². The Balaban J connectivity index is 1.51. The third-order valence-electron chi connectivity index (χ3n) is 5.61. The normalized spacial score (nSPS) is 15.9. The average molecular weight is 370 g/mol. The van der Waals surface area contributed by atoms with Gasteiger partial charge in [-0.25, -0.2) is 0 Å². The average Bonchev–Trinajstić information content (AvgIpc) is 2.75. The van der Waals surface area contributed by atoms with Crippen molar-refractivity contribution in [3.63, 3.8) is 0 Å². The van der Waals surface area contributed by atoms with E-state index in [1.54, 1.807) is 0 Å². The summed E-state index contributed by atoms with van der Waals surface area (Å²) in [5, 5.41) is 0. The van der Waals surface area contributed by atoms with Crippen LogP contribution in [0.25, 0.3) is 11.1 Å². The van der Waals surface area contributed by atoms with Gasteiger partial charge in [0.05, 0.1) is 0 Å². The number of ether oxygens (including phenoxy) is 1. The van der Waals surface area contributed by atoms with Crippen molar-refractivity contribution in [1.29, 1.82) is 0 Å². The third-order valence-corrected chi connectivity index (χ3v) is 5.61. The number of carbonyl (C=O) groups is 1. The monoisotopic (exact) mass is 370 g/mol. The molecule has 0 radical (unpaired) electrons. The van der Waals surface area contributed by atoms with Crippen molar-refractivity contribution in [2.24, 2.45) is 5.92 Å². The van der Waals surface area contributed by atoms with Gasteiger partial charge in [0.1, 0.15) is 12.4 Å². The molecule has 3 aromatic rings. The molecule has 0 bridgehead atoms. The number of aryl methyl sites for hydroxylation is 1. The van der Waals surface area contributed by atoms with Crippen molar-refractivity contribution in [2.45, 2.75) is 39.2 Å². The number of hydrogen-bond acceptors (Lipinski definition) is 2. The Morgan fingerprint density at radius 2 is 1.71 bits per heavy atom. The van der Waals surface area contributed by atoms with Crippen molar-refractivity contribution in [2.75, 3.05) is 0 Å². The van der Waals surface area contributed by atoms with Gasteiger partial charge in [0.25, 0.3) is 0 Å². The smallest absolute Gasteiger partial charge is 0.166 e. The number of benzene rings is 3. The van der Waals surface area contributed by atoms with Crippen molar-refractivity contribution in [3.8, 4) is 16.9 Å². The molecule has 0 saturated carbocycles. The standard InChI is InChI=1S/C26H26O2/c1-2-8-20-13-14-21-17-23(15-16-25(21)26(20)27)28-18-22-11-6-7-12-24(22)19-9-4-3-5-10-19/h3-7,9-12,15-17,20H,2,8,13-14,18H2,1H3. The maximum absolute atomic E-state index is 12.7. The van der Waals surface area contributed by atoms with Crippen LogP contribution in [0.2, 0.25) is 0 Å². The van der Waals surface area contributed by atoms with Crippen LogP contribution in [0.4, 0.5) is 0 Å². The second-order valence-electron chi connectivity index (χ2n) is 7.52. The summed E-state index contributed by atoms with van der Waals surface area (Å²) >= 11 is 0. The van der Waals surface area contributed by atoms with Crippen LogP contribution < -0.4 is 4.74 Å². The summed E-state index contributed by atoms with van der Waals surface area (Å²) in [6.07, 6.45) is 3.98. The van der Waals surface area contributed by atoms with Crippen LogP contribution in [0.15, 0.2) is 72.8 Å². The molecule has 0 saturated heterocycles. The lowest BCUT2D eigenvalue weighted by atomic mass is 9.80. The zero-order valence-corrected chi connectivity index (χ0v) is 16.4. The Hall–Kier alpha value is -2.87. The van der Waals surface area contributed by atoms with Gasteiger partial charge in [-0.05, 0) is 59.7 Å². The molecule has 0 heterocycles. The summed E-state index contributed by atoms with van der Waals surface area (Å²) in [6.45, 7) is 2.66.